The summed E-state index contributed by atoms with van der Waals surface area (Å²) in [4.78, 5) is -0.868. The monoisotopic (exact) mass is 254 g/mol. The first-order valence-corrected chi connectivity index (χ1v) is 5.75. The Bertz CT molecular complexity index is 471. The molecular weight excluding hydrogens is 245 g/mol. The van der Waals surface area contributed by atoms with E-state index in [0.29, 0.717) is 12.0 Å². The highest BCUT2D eigenvalue weighted by Crippen LogP contribution is 2.28. The van der Waals surface area contributed by atoms with Crippen LogP contribution in [0.15, 0.2) is 23.1 Å². The molecule has 0 spiro atoms. The predicted octanol–water partition coefficient (Wildman–Crippen LogP) is 2.51. The van der Waals surface area contributed by atoms with Crippen LogP contribution < -0.4 is 4.74 Å². The second-order valence-electron chi connectivity index (χ2n) is 2.95. The Morgan fingerprint density at radius 2 is 2.00 bits per heavy atom. The minimum absolute atomic E-state index is 0.456. The summed E-state index contributed by atoms with van der Waals surface area (Å²) in [6.45, 7) is -1.48. The molecule has 0 amide bonds. The van der Waals surface area contributed by atoms with Gasteiger partial charge in [0.1, 0.15) is 10.6 Å². The fraction of sp³-hybridized carbons (Fsp3) is 0.333. The van der Waals surface area contributed by atoms with Crippen molar-refractivity contribution in [3.8, 4) is 5.75 Å². The maximum Gasteiger partial charge on any atom is 0.387 e. The zero-order valence-electron chi connectivity index (χ0n) is 8.28. The average Bonchev–Trinajstić information content (AvgIpc) is 2.15. The van der Waals surface area contributed by atoms with Crippen molar-refractivity contribution in [3.63, 3.8) is 0 Å². The molecule has 0 saturated carbocycles. The van der Waals surface area contributed by atoms with Crippen molar-refractivity contribution in [3.05, 3.63) is 23.8 Å². The molecule has 1 rings (SSSR count). The van der Waals surface area contributed by atoms with Gasteiger partial charge in [-0.15, -0.1) is 3.89 Å². The molecule has 0 bridgehead atoms. The molecule has 0 aliphatic heterocycles. The maximum atomic E-state index is 12.8. The van der Waals surface area contributed by atoms with Gasteiger partial charge >= 0.3 is 16.8 Å². The fourth-order valence-electron chi connectivity index (χ4n) is 1.16. The lowest BCUT2D eigenvalue weighted by Gasteiger charge is -2.09. The lowest BCUT2D eigenvalue weighted by Crippen LogP contribution is -2.06. The number of aryl methyl sites for hydroxylation is 1. The van der Waals surface area contributed by atoms with E-state index in [9.17, 15) is 21.1 Å². The summed E-state index contributed by atoms with van der Waals surface area (Å²) in [5, 5.41) is 0. The van der Waals surface area contributed by atoms with Crippen LogP contribution in [0.5, 0.6) is 5.75 Å². The lowest BCUT2D eigenvalue weighted by molar-refractivity contribution is -0.0517. The summed E-state index contributed by atoms with van der Waals surface area (Å²) >= 11 is 0. The fourth-order valence-corrected chi connectivity index (χ4v) is 1.80. The third-order valence-corrected chi connectivity index (χ3v) is 2.74. The number of alkyl halides is 2. The van der Waals surface area contributed by atoms with E-state index < -0.39 is 27.5 Å². The molecule has 0 aromatic heterocycles. The van der Waals surface area contributed by atoms with Crippen LogP contribution in [0, 0.1) is 0 Å². The van der Waals surface area contributed by atoms with Crippen LogP contribution in [-0.4, -0.2) is 15.0 Å². The molecular formula is C9H9F3O3S. The maximum absolute atomic E-state index is 12.8. The van der Waals surface area contributed by atoms with Crippen LogP contribution in [-0.2, 0) is 16.6 Å². The molecule has 0 fully saturated rings. The third-order valence-electron chi connectivity index (χ3n) is 1.90. The first-order chi connectivity index (χ1) is 7.34. The van der Waals surface area contributed by atoms with E-state index in [1.165, 1.54) is 6.07 Å². The van der Waals surface area contributed by atoms with Gasteiger partial charge in [-0.2, -0.15) is 17.2 Å². The Morgan fingerprint density at radius 3 is 2.44 bits per heavy atom. The van der Waals surface area contributed by atoms with Crippen LogP contribution in [0.3, 0.4) is 0 Å². The lowest BCUT2D eigenvalue weighted by atomic mass is 10.2. The van der Waals surface area contributed by atoms with Crippen LogP contribution >= 0.6 is 0 Å². The summed E-state index contributed by atoms with van der Waals surface area (Å²) in [6, 6.07) is 3.39. The predicted molar refractivity (Wildman–Crippen MR) is 50.7 cm³/mol. The molecule has 0 unspecified atom stereocenters. The Hall–Kier alpha value is -1.24. The molecule has 0 saturated heterocycles. The first kappa shape index (κ1) is 12.8. The smallest absolute Gasteiger partial charge is 0.387 e. The van der Waals surface area contributed by atoms with Gasteiger partial charge in [0.15, 0.2) is 0 Å². The Morgan fingerprint density at radius 1 is 1.38 bits per heavy atom. The van der Waals surface area contributed by atoms with E-state index in [-0.39, 0.29) is 0 Å². The second kappa shape index (κ2) is 4.73. The van der Waals surface area contributed by atoms with Gasteiger partial charge < -0.3 is 4.74 Å². The summed E-state index contributed by atoms with van der Waals surface area (Å²) in [6.07, 6.45) is 0.456. The van der Waals surface area contributed by atoms with Crippen LogP contribution in [0.2, 0.25) is 0 Å². The molecule has 0 radical (unpaired) electrons. The number of benzene rings is 1. The van der Waals surface area contributed by atoms with Gasteiger partial charge in [-0.1, -0.05) is 13.0 Å². The molecule has 16 heavy (non-hydrogen) atoms. The number of rotatable bonds is 4. The van der Waals surface area contributed by atoms with Crippen molar-refractivity contribution in [1.29, 1.82) is 0 Å². The van der Waals surface area contributed by atoms with Crippen molar-refractivity contribution >= 4 is 10.2 Å². The van der Waals surface area contributed by atoms with Crippen LogP contribution in [0.4, 0.5) is 12.7 Å². The van der Waals surface area contributed by atoms with E-state index in [0.717, 1.165) is 12.1 Å². The second-order valence-corrected chi connectivity index (χ2v) is 4.27. The minimum atomic E-state index is -5.07. The van der Waals surface area contributed by atoms with Crippen LogP contribution in [0.1, 0.15) is 12.5 Å². The quantitative estimate of drug-likeness (QED) is 0.775. The van der Waals surface area contributed by atoms with E-state index in [1.807, 2.05) is 0 Å². The topological polar surface area (TPSA) is 43.4 Å². The first-order valence-electron chi connectivity index (χ1n) is 4.37. The molecule has 7 heteroatoms. The molecule has 3 nitrogen and oxygen atoms in total. The molecule has 0 N–H and O–H groups in total. The normalized spacial score (nSPS) is 11.8. The number of ether oxygens (including phenoxy) is 1. The molecule has 0 atom stereocenters. The van der Waals surface area contributed by atoms with Crippen molar-refractivity contribution in [2.45, 2.75) is 24.9 Å². The van der Waals surface area contributed by atoms with E-state index in [4.69, 9.17) is 0 Å². The molecule has 0 aliphatic rings. The summed E-state index contributed by atoms with van der Waals surface area (Å²) in [7, 11) is -5.07. The SMILES string of the molecule is CCc1ccc(OC(F)F)c(S(=O)(=O)F)c1. The Kier molecular flexibility index (Phi) is 3.79. The number of hydrogen-bond donors (Lipinski definition) is 0. The van der Waals surface area contributed by atoms with E-state index >= 15 is 0 Å². The highest BCUT2D eigenvalue weighted by molar-refractivity contribution is 7.86. The van der Waals surface area contributed by atoms with Gasteiger partial charge in [0.2, 0.25) is 0 Å². The minimum Gasteiger partial charge on any atom is -0.433 e. The van der Waals surface area contributed by atoms with Gasteiger partial charge in [0.25, 0.3) is 0 Å². The van der Waals surface area contributed by atoms with Crippen molar-refractivity contribution in [2.24, 2.45) is 0 Å². The van der Waals surface area contributed by atoms with E-state index in [2.05, 4.69) is 4.74 Å². The molecule has 1 aromatic rings. The van der Waals surface area contributed by atoms with Crippen molar-refractivity contribution in [2.75, 3.05) is 0 Å². The van der Waals surface area contributed by atoms with E-state index in [1.54, 1.807) is 6.92 Å². The number of hydrogen-bond acceptors (Lipinski definition) is 3. The highest BCUT2D eigenvalue weighted by Gasteiger charge is 2.21. The summed E-state index contributed by atoms with van der Waals surface area (Å²) < 4.78 is 62.0. The van der Waals surface area contributed by atoms with Crippen molar-refractivity contribution < 1.29 is 25.8 Å². The van der Waals surface area contributed by atoms with Gasteiger partial charge in [0.05, 0.1) is 0 Å². The average molecular weight is 254 g/mol. The van der Waals surface area contributed by atoms with Gasteiger partial charge in [-0.25, -0.2) is 0 Å². The third kappa shape index (κ3) is 3.13. The largest absolute Gasteiger partial charge is 0.433 e. The molecule has 0 aliphatic carbocycles. The Labute approximate surface area is 91.1 Å². The van der Waals surface area contributed by atoms with Crippen molar-refractivity contribution in [1.82, 2.24) is 0 Å². The van der Waals surface area contributed by atoms with Gasteiger partial charge in [-0.05, 0) is 24.1 Å². The van der Waals surface area contributed by atoms with Gasteiger partial charge in [-0.3, -0.25) is 0 Å². The summed E-state index contributed by atoms with van der Waals surface area (Å²) in [5.41, 5.74) is 0.512. The molecule has 1 aromatic carbocycles. The zero-order chi connectivity index (χ0) is 12.3. The zero-order valence-corrected chi connectivity index (χ0v) is 9.10. The molecule has 0 heterocycles. The highest BCUT2D eigenvalue weighted by atomic mass is 32.3. The van der Waals surface area contributed by atoms with Gasteiger partial charge in [0, 0.05) is 0 Å². The molecule has 90 valence electrons. The number of halogens is 3. The summed E-state index contributed by atoms with van der Waals surface area (Å²) in [5.74, 6) is -0.685. The Balaban J connectivity index is 3.28. The standard InChI is InChI=1S/C9H9F3O3S/c1-2-6-3-4-7(15-9(10)11)8(5-6)16(12,13)14/h3-5,9H,2H2,1H3. The van der Waals surface area contributed by atoms with Crippen LogP contribution in [0.25, 0.3) is 0 Å².